The van der Waals surface area contributed by atoms with E-state index in [-0.39, 0.29) is 49.5 Å². The molecule has 0 saturated carbocycles. The van der Waals surface area contributed by atoms with Crippen LogP contribution in [0.25, 0.3) is 0 Å². The molecule has 2 amide bonds. The molecule has 0 spiro atoms. The zero-order valence-electron chi connectivity index (χ0n) is 24.2. The lowest BCUT2D eigenvalue weighted by molar-refractivity contribution is -0.141. The van der Waals surface area contributed by atoms with E-state index in [1.54, 1.807) is 11.0 Å². The Hall–Kier alpha value is -3.72. The number of hydrogen-bond donors (Lipinski definition) is 1. The van der Waals surface area contributed by atoms with Crippen molar-refractivity contribution >= 4 is 27.5 Å². The molecule has 0 heterocycles. The molecule has 0 saturated heterocycles. The summed E-state index contributed by atoms with van der Waals surface area (Å²) in [6.07, 6.45) is 2.21. The van der Waals surface area contributed by atoms with Crippen LogP contribution in [0.3, 0.4) is 0 Å². The molecule has 220 valence electrons. The van der Waals surface area contributed by atoms with Crippen molar-refractivity contribution in [2.24, 2.45) is 0 Å². The summed E-state index contributed by atoms with van der Waals surface area (Å²) in [5.74, 6) is -1.18. The highest BCUT2D eigenvalue weighted by molar-refractivity contribution is 7.92. The van der Waals surface area contributed by atoms with Gasteiger partial charge in [0.1, 0.15) is 11.9 Å². The van der Waals surface area contributed by atoms with Gasteiger partial charge in [-0.05, 0) is 49.9 Å². The zero-order chi connectivity index (χ0) is 30.0. The number of carbonyl (C=O) groups excluding carboxylic acids is 2. The summed E-state index contributed by atoms with van der Waals surface area (Å²) in [7, 11) is -3.79. The van der Waals surface area contributed by atoms with E-state index < -0.39 is 21.9 Å². The molecule has 2 unspecified atom stereocenters. The first-order valence-corrected chi connectivity index (χ1v) is 15.8. The molecule has 7 nitrogen and oxygen atoms in total. The van der Waals surface area contributed by atoms with Gasteiger partial charge >= 0.3 is 0 Å². The lowest BCUT2D eigenvalue weighted by Crippen LogP contribution is -2.52. The Bertz CT molecular complexity index is 1420. The van der Waals surface area contributed by atoms with Crippen LogP contribution in [0.5, 0.6) is 0 Å². The Morgan fingerprint density at radius 2 is 1.61 bits per heavy atom. The molecule has 0 fully saturated rings. The minimum atomic E-state index is -3.79. The number of sulfonamides is 1. The van der Waals surface area contributed by atoms with Crippen LogP contribution >= 0.6 is 0 Å². The second-order valence-corrected chi connectivity index (χ2v) is 12.3. The number of benzene rings is 3. The Labute approximate surface area is 243 Å². The topological polar surface area (TPSA) is 86.8 Å². The molecule has 1 N–H and O–H groups in total. The van der Waals surface area contributed by atoms with Gasteiger partial charge < -0.3 is 10.2 Å². The SMILES string of the molecule is CCC(C)NC(=O)C(Cc1ccccc1)N(Cc1cccc(C)c1)C(=O)CCCN(c1ccccc1F)S(C)(=O)=O. The number of aryl methyl sites for hydroxylation is 1. The molecule has 0 bridgehead atoms. The quantitative estimate of drug-likeness (QED) is 0.282. The average Bonchev–Trinajstić information content (AvgIpc) is 2.93. The van der Waals surface area contributed by atoms with Crippen molar-refractivity contribution in [3.8, 4) is 0 Å². The van der Waals surface area contributed by atoms with E-state index in [0.717, 1.165) is 33.7 Å². The van der Waals surface area contributed by atoms with Gasteiger partial charge in [-0.2, -0.15) is 0 Å². The number of carbonyl (C=O) groups is 2. The third kappa shape index (κ3) is 9.42. The number of amides is 2. The van der Waals surface area contributed by atoms with Crippen molar-refractivity contribution in [1.29, 1.82) is 0 Å². The van der Waals surface area contributed by atoms with Gasteiger partial charge in [0.05, 0.1) is 11.9 Å². The number of hydrogen-bond acceptors (Lipinski definition) is 4. The maximum Gasteiger partial charge on any atom is 0.243 e. The molecule has 2 atom stereocenters. The molecule has 0 radical (unpaired) electrons. The van der Waals surface area contributed by atoms with Crippen LogP contribution in [0.4, 0.5) is 10.1 Å². The minimum Gasteiger partial charge on any atom is -0.352 e. The van der Waals surface area contributed by atoms with Gasteiger partial charge in [-0.1, -0.05) is 79.2 Å². The van der Waals surface area contributed by atoms with E-state index in [0.29, 0.717) is 6.42 Å². The largest absolute Gasteiger partial charge is 0.352 e. The van der Waals surface area contributed by atoms with Crippen LogP contribution < -0.4 is 9.62 Å². The molecule has 9 heteroatoms. The van der Waals surface area contributed by atoms with E-state index in [1.165, 1.54) is 18.2 Å². The van der Waals surface area contributed by atoms with E-state index in [4.69, 9.17) is 0 Å². The highest BCUT2D eigenvalue weighted by Gasteiger charge is 2.31. The van der Waals surface area contributed by atoms with E-state index in [9.17, 15) is 22.4 Å². The molecule has 0 aromatic heterocycles. The van der Waals surface area contributed by atoms with Crippen molar-refractivity contribution in [1.82, 2.24) is 10.2 Å². The molecule has 0 aliphatic carbocycles. The smallest absolute Gasteiger partial charge is 0.243 e. The Kier molecular flexibility index (Phi) is 11.5. The summed E-state index contributed by atoms with van der Waals surface area (Å²) in [5.41, 5.74) is 2.78. The maximum atomic E-state index is 14.5. The maximum absolute atomic E-state index is 14.5. The van der Waals surface area contributed by atoms with Crippen molar-refractivity contribution in [2.75, 3.05) is 17.1 Å². The van der Waals surface area contributed by atoms with Gasteiger partial charge in [-0.25, -0.2) is 12.8 Å². The molecular formula is C32H40FN3O4S. The Balaban J connectivity index is 1.90. The summed E-state index contributed by atoms with van der Waals surface area (Å²) in [6, 6.07) is 22.1. The van der Waals surface area contributed by atoms with Crippen LogP contribution in [0, 0.1) is 12.7 Å². The highest BCUT2D eigenvalue weighted by atomic mass is 32.2. The molecule has 0 aliphatic heterocycles. The first kappa shape index (κ1) is 31.8. The van der Waals surface area contributed by atoms with Crippen molar-refractivity contribution < 1.29 is 22.4 Å². The summed E-state index contributed by atoms with van der Waals surface area (Å²) in [5, 5.41) is 3.04. The van der Waals surface area contributed by atoms with Crippen LogP contribution in [-0.4, -0.2) is 50.0 Å². The molecule has 0 aliphatic rings. The summed E-state index contributed by atoms with van der Waals surface area (Å²) in [6.45, 7) is 6.01. The van der Waals surface area contributed by atoms with Gasteiger partial charge in [-0.3, -0.25) is 13.9 Å². The highest BCUT2D eigenvalue weighted by Crippen LogP contribution is 2.23. The normalized spacial score (nSPS) is 12.8. The number of anilines is 1. The first-order valence-electron chi connectivity index (χ1n) is 13.9. The second kappa shape index (κ2) is 14.8. The summed E-state index contributed by atoms with van der Waals surface area (Å²) < 4.78 is 40.5. The van der Waals surface area contributed by atoms with Gasteiger partial charge in [0.25, 0.3) is 0 Å². The Morgan fingerprint density at radius 3 is 2.24 bits per heavy atom. The number of nitrogens with one attached hydrogen (secondary N) is 1. The number of rotatable bonds is 14. The lowest BCUT2D eigenvalue weighted by Gasteiger charge is -2.33. The van der Waals surface area contributed by atoms with Crippen LogP contribution in [0.15, 0.2) is 78.9 Å². The van der Waals surface area contributed by atoms with Crippen molar-refractivity contribution in [3.05, 3.63) is 101 Å². The molecule has 41 heavy (non-hydrogen) atoms. The van der Waals surface area contributed by atoms with Crippen LogP contribution in [-0.2, 0) is 32.6 Å². The minimum absolute atomic E-state index is 0.0197. The van der Waals surface area contributed by atoms with Crippen LogP contribution in [0.2, 0.25) is 0 Å². The predicted octanol–water partition coefficient (Wildman–Crippen LogP) is 5.24. The van der Waals surface area contributed by atoms with Gasteiger partial charge in [0.15, 0.2) is 0 Å². The second-order valence-electron chi connectivity index (χ2n) is 10.4. The van der Waals surface area contributed by atoms with E-state index in [2.05, 4.69) is 5.32 Å². The molecule has 3 aromatic rings. The van der Waals surface area contributed by atoms with Gasteiger partial charge in [0.2, 0.25) is 21.8 Å². The summed E-state index contributed by atoms with van der Waals surface area (Å²) >= 11 is 0. The fourth-order valence-electron chi connectivity index (χ4n) is 4.64. The van der Waals surface area contributed by atoms with Crippen LogP contribution in [0.1, 0.15) is 49.8 Å². The summed E-state index contributed by atoms with van der Waals surface area (Å²) in [4.78, 5) is 29.1. The number of nitrogens with zero attached hydrogens (tertiary/aromatic N) is 2. The molecule has 3 rings (SSSR count). The zero-order valence-corrected chi connectivity index (χ0v) is 25.0. The number of para-hydroxylation sites is 1. The third-order valence-electron chi connectivity index (χ3n) is 6.98. The fraction of sp³-hybridized carbons (Fsp3) is 0.375. The van der Waals surface area contributed by atoms with Crippen molar-refractivity contribution in [2.45, 2.75) is 65.1 Å². The lowest BCUT2D eigenvalue weighted by atomic mass is 10.0. The number of halogens is 1. The predicted molar refractivity (Wildman–Crippen MR) is 161 cm³/mol. The van der Waals surface area contributed by atoms with Gasteiger partial charge in [-0.15, -0.1) is 0 Å². The third-order valence-corrected chi connectivity index (χ3v) is 8.16. The Morgan fingerprint density at radius 1 is 0.951 bits per heavy atom. The first-order chi connectivity index (χ1) is 19.5. The van der Waals surface area contributed by atoms with Crippen molar-refractivity contribution in [3.63, 3.8) is 0 Å². The van der Waals surface area contributed by atoms with E-state index in [1.807, 2.05) is 75.4 Å². The van der Waals surface area contributed by atoms with Gasteiger partial charge in [0, 0.05) is 32.0 Å². The average molecular weight is 582 g/mol. The fourth-order valence-corrected chi connectivity index (χ4v) is 5.60. The monoisotopic (exact) mass is 581 g/mol. The standard InChI is InChI=1S/C32H40FN3O4S/c1-5-25(3)34-32(38)30(22-26-14-7-6-8-15-26)35(23-27-16-11-13-24(2)21-27)31(37)19-12-20-36(41(4,39)40)29-18-10-9-17-28(29)33/h6-11,13-18,21,25,30H,5,12,19-20,22-23H2,1-4H3,(H,34,38). The molecular weight excluding hydrogens is 541 g/mol. The molecule has 3 aromatic carbocycles. The van der Waals surface area contributed by atoms with E-state index >= 15 is 0 Å².